The molecule has 0 aromatic carbocycles. The number of hydrogen-bond donors (Lipinski definition) is 0. The van der Waals surface area contributed by atoms with Gasteiger partial charge in [-0.1, -0.05) is 0 Å². The molecule has 0 atom stereocenters. The quantitative estimate of drug-likeness (QED) is 0.746. The van der Waals surface area contributed by atoms with Gasteiger partial charge in [0.25, 0.3) is 0 Å². The van der Waals surface area contributed by atoms with E-state index < -0.39 is 0 Å². The molecule has 76 valence electrons. The van der Waals surface area contributed by atoms with Crippen molar-refractivity contribution in [3.05, 3.63) is 22.2 Å². The Bertz CT molecular complexity index is 499. The van der Waals surface area contributed by atoms with E-state index in [4.69, 9.17) is 4.42 Å². The molecule has 0 radical (unpaired) electrons. The Labute approximate surface area is 89.9 Å². The highest BCUT2D eigenvalue weighted by atomic mass is 32.1. The van der Waals surface area contributed by atoms with Crippen LogP contribution in [0, 0.1) is 0 Å². The van der Waals surface area contributed by atoms with Crippen molar-refractivity contribution in [1.29, 1.82) is 0 Å². The van der Waals surface area contributed by atoms with E-state index in [9.17, 15) is 4.79 Å². The number of carbonyl (C=O) groups is 1. The number of carbonyl (C=O) groups excluding carboxylic acids is 1. The third-order valence-electron chi connectivity index (χ3n) is 2.35. The minimum atomic E-state index is 0.468. The molecule has 5 heteroatoms. The monoisotopic (exact) mass is 220 g/mol. The van der Waals surface area contributed by atoms with Crippen LogP contribution in [-0.2, 0) is 0 Å². The Hall–Kier alpha value is -1.49. The van der Waals surface area contributed by atoms with Crippen molar-refractivity contribution < 1.29 is 9.21 Å². The molecule has 2 aromatic rings. The summed E-state index contributed by atoms with van der Waals surface area (Å²) in [6.07, 6.45) is 3.11. The zero-order valence-corrected chi connectivity index (χ0v) is 8.66. The van der Waals surface area contributed by atoms with Gasteiger partial charge in [0.15, 0.2) is 6.29 Å². The fraction of sp³-hybridized carbons (Fsp3) is 0.300. The maximum absolute atomic E-state index is 10.5. The molecule has 3 rings (SSSR count). The molecule has 0 spiro atoms. The summed E-state index contributed by atoms with van der Waals surface area (Å²) in [7, 11) is 0. The average Bonchev–Trinajstić information content (AvgIpc) is 2.84. The molecule has 0 saturated heterocycles. The molecule has 2 heterocycles. The van der Waals surface area contributed by atoms with Gasteiger partial charge in [0.1, 0.15) is 0 Å². The van der Waals surface area contributed by atoms with E-state index in [-0.39, 0.29) is 0 Å². The van der Waals surface area contributed by atoms with Crippen LogP contribution in [0.1, 0.15) is 34.3 Å². The van der Waals surface area contributed by atoms with Gasteiger partial charge in [-0.25, -0.2) is 0 Å². The summed E-state index contributed by atoms with van der Waals surface area (Å²) in [4.78, 5) is 11.2. The van der Waals surface area contributed by atoms with Crippen LogP contribution in [-0.4, -0.2) is 16.5 Å². The van der Waals surface area contributed by atoms with Gasteiger partial charge in [-0.05, 0) is 18.9 Å². The van der Waals surface area contributed by atoms with Crippen molar-refractivity contribution in [2.24, 2.45) is 0 Å². The topological polar surface area (TPSA) is 56.0 Å². The molecule has 0 unspecified atom stereocenters. The second-order valence-corrected chi connectivity index (χ2v) is 4.52. The summed E-state index contributed by atoms with van der Waals surface area (Å²) in [6, 6.07) is 1.77. The lowest BCUT2D eigenvalue weighted by molar-refractivity contribution is 0.112. The van der Waals surface area contributed by atoms with Crippen LogP contribution in [0.5, 0.6) is 0 Å². The van der Waals surface area contributed by atoms with Crippen LogP contribution in [0.3, 0.4) is 0 Å². The van der Waals surface area contributed by atoms with Gasteiger partial charge in [0.2, 0.25) is 11.8 Å². The van der Waals surface area contributed by atoms with E-state index in [0.29, 0.717) is 16.7 Å². The van der Waals surface area contributed by atoms with Crippen LogP contribution in [0.25, 0.3) is 11.5 Å². The second-order valence-electron chi connectivity index (χ2n) is 3.58. The van der Waals surface area contributed by atoms with E-state index in [2.05, 4.69) is 10.2 Å². The molecule has 1 aliphatic rings. The maximum atomic E-state index is 10.5. The van der Waals surface area contributed by atoms with Crippen LogP contribution in [0.15, 0.2) is 15.9 Å². The van der Waals surface area contributed by atoms with Crippen molar-refractivity contribution in [3.8, 4) is 11.5 Å². The third kappa shape index (κ3) is 1.59. The minimum Gasteiger partial charge on any atom is -0.420 e. The van der Waals surface area contributed by atoms with Crippen LogP contribution in [0.2, 0.25) is 0 Å². The Kier molecular flexibility index (Phi) is 1.92. The normalized spacial score (nSPS) is 15.5. The maximum Gasteiger partial charge on any atom is 0.248 e. The first-order valence-corrected chi connectivity index (χ1v) is 5.62. The molecule has 0 bridgehead atoms. The molecule has 2 aromatic heterocycles. The Balaban J connectivity index is 1.93. The molecular formula is C10H8N2O2S. The van der Waals surface area contributed by atoms with Crippen LogP contribution >= 0.6 is 11.3 Å². The average molecular weight is 220 g/mol. The van der Waals surface area contributed by atoms with E-state index >= 15 is 0 Å². The number of rotatable bonds is 3. The molecule has 4 nitrogen and oxygen atoms in total. The summed E-state index contributed by atoms with van der Waals surface area (Å²) >= 11 is 1.38. The lowest BCUT2D eigenvalue weighted by Gasteiger charge is -1.86. The first-order valence-electron chi connectivity index (χ1n) is 4.74. The zero-order valence-electron chi connectivity index (χ0n) is 7.84. The molecule has 15 heavy (non-hydrogen) atoms. The Morgan fingerprint density at radius 1 is 1.47 bits per heavy atom. The molecule has 1 aliphatic carbocycles. The first kappa shape index (κ1) is 8.79. The largest absolute Gasteiger partial charge is 0.420 e. The van der Waals surface area contributed by atoms with E-state index in [0.717, 1.165) is 30.6 Å². The van der Waals surface area contributed by atoms with Gasteiger partial charge in [-0.15, -0.1) is 21.5 Å². The first-order chi connectivity index (χ1) is 7.36. The summed E-state index contributed by atoms with van der Waals surface area (Å²) in [6.45, 7) is 0. The smallest absolute Gasteiger partial charge is 0.248 e. The molecule has 0 aliphatic heterocycles. The Morgan fingerprint density at radius 2 is 2.33 bits per heavy atom. The van der Waals surface area contributed by atoms with Crippen molar-refractivity contribution in [1.82, 2.24) is 10.2 Å². The van der Waals surface area contributed by atoms with Gasteiger partial charge in [-0.3, -0.25) is 4.79 Å². The van der Waals surface area contributed by atoms with Gasteiger partial charge in [0.05, 0.1) is 10.4 Å². The van der Waals surface area contributed by atoms with E-state index in [1.165, 1.54) is 11.3 Å². The standard InChI is InChI=1S/C10H8N2O2S/c13-4-8-3-7(5-15-8)10-12-11-9(14-10)6-1-2-6/h3-6H,1-2H2. The number of hydrogen-bond acceptors (Lipinski definition) is 5. The SMILES string of the molecule is O=Cc1cc(-c2nnc(C3CC3)o2)cs1. The fourth-order valence-corrected chi connectivity index (χ4v) is 2.06. The van der Waals surface area contributed by atoms with E-state index in [1.54, 1.807) is 6.07 Å². The number of aldehydes is 1. The lowest BCUT2D eigenvalue weighted by Crippen LogP contribution is -1.76. The van der Waals surface area contributed by atoms with Gasteiger partial charge >= 0.3 is 0 Å². The van der Waals surface area contributed by atoms with Crippen LogP contribution in [0.4, 0.5) is 0 Å². The van der Waals surface area contributed by atoms with Gasteiger partial charge in [0, 0.05) is 11.3 Å². The predicted molar refractivity (Wildman–Crippen MR) is 55.0 cm³/mol. The molecule has 0 N–H and O–H groups in total. The lowest BCUT2D eigenvalue weighted by atomic mass is 10.3. The second kappa shape index (κ2) is 3.27. The molecule has 1 fully saturated rings. The van der Waals surface area contributed by atoms with Crippen molar-refractivity contribution >= 4 is 17.6 Å². The highest BCUT2D eigenvalue weighted by molar-refractivity contribution is 7.12. The number of thiophene rings is 1. The van der Waals surface area contributed by atoms with Gasteiger partial charge < -0.3 is 4.42 Å². The zero-order chi connectivity index (χ0) is 10.3. The predicted octanol–water partition coefficient (Wildman–Crippen LogP) is 2.49. The number of aromatic nitrogens is 2. The molecular weight excluding hydrogens is 212 g/mol. The molecule has 1 saturated carbocycles. The third-order valence-corrected chi connectivity index (χ3v) is 3.21. The summed E-state index contributed by atoms with van der Waals surface area (Å²) in [5, 5.41) is 9.81. The summed E-state index contributed by atoms with van der Waals surface area (Å²) in [5.41, 5.74) is 0.835. The fourth-order valence-electron chi connectivity index (χ4n) is 1.37. The Morgan fingerprint density at radius 3 is 3.00 bits per heavy atom. The van der Waals surface area contributed by atoms with Crippen molar-refractivity contribution in [2.75, 3.05) is 0 Å². The van der Waals surface area contributed by atoms with Gasteiger partial charge in [-0.2, -0.15) is 0 Å². The minimum absolute atomic E-state index is 0.468. The summed E-state index contributed by atoms with van der Waals surface area (Å²) < 4.78 is 5.52. The van der Waals surface area contributed by atoms with Crippen molar-refractivity contribution in [2.45, 2.75) is 18.8 Å². The highest BCUT2D eigenvalue weighted by Crippen LogP contribution is 2.40. The summed E-state index contributed by atoms with van der Waals surface area (Å²) in [5.74, 6) is 1.71. The van der Waals surface area contributed by atoms with E-state index in [1.807, 2.05) is 5.38 Å². The number of nitrogens with zero attached hydrogens (tertiary/aromatic N) is 2. The van der Waals surface area contributed by atoms with Crippen LogP contribution < -0.4 is 0 Å². The molecule has 0 amide bonds. The van der Waals surface area contributed by atoms with Crippen molar-refractivity contribution in [3.63, 3.8) is 0 Å². The highest BCUT2D eigenvalue weighted by Gasteiger charge is 2.29.